The number of nitrogens with zero attached hydrogens (tertiary/aromatic N) is 1. The minimum atomic E-state index is -0.270. The summed E-state index contributed by atoms with van der Waals surface area (Å²) in [5.74, 6) is 0.574. The van der Waals surface area contributed by atoms with Gasteiger partial charge in [-0.15, -0.1) is 0 Å². The molecule has 0 atom stereocenters. The second-order valence-electron chi connectivity index (χ2n) is 2.11. The maximum Gasteiger partial charge on any atom is 0.277 e. The highest BCUT2D eigenvalue weighted by molar-refractivity contribution is 5.71. The SMILES string of the molecule is Nc1nc2c(c(=O)[nH]1)N[CH]N2. The monoisotopic (exact) mass is 152 g/mol. The predicted molar refractivity (Wildman–Crippen MR) is 40.8 cm³/mol. The van der Waals surface area contributed by atoms with Gasteiger partial charge in [0.25, 0.3) is 5.56 Å². The summed E-state index contributed by atoms with van der Waals surface area (Å²) in [4.78, 5) is 17.2. The first kappa shape index (κ1) is 6.02. The molecule has 0 amide bonds. The van der Waals surface area contributed by atoms with Gasteiger partial charge in [-0.25, -0.2) is 0 Å². The van der Waals surface area contributed by atoms with Crippen molar-refractivity contribution in [1.82, 2.24) is 9.97 Å². The van der Waals surface area contributed by atoms with Gasteiger partial charge in [0.1, 0.15) is 12.4 Å². The van der Waals surface area contributed by atoms with Gasteiger partial charge < -0.3 is 16.4 Å². The minimum Gasteiger partial charge on any atom is -0.369 e. The molecule has 2 rings (SSSR count). The lowest BCUT2D eigenvalue weighted by molar-refractivity contribution is 1.16. The van der Waals surface area contributed by atoms with Gasteiger partial charge in [0, 0.05) is 0 Å². The van der Waals surface area contributed by atoms with Gasteiger partial charge in [-0.3, -0.25) is 9.78 Å². The Kier molecular flexibility index (Phi) is 1.03. The Bertz CT molecular complexity index is 343. The average molecular weight is 152 g/mol. The Morgan fingerprint density at radius 1 is 1.45 bits per heavy atom. The number of anilines is 3. The molecule has 0 fully saturated rings. The first-order valence-electron chi connectivity index (χ1n) is 3.02. The molecule has 5 N–H and O–H groups in total. The summed E-state index contributed by atoms with van der Waals surface area (Å²) in [5.41, 5.74) is 5.42. The van der Waals surface area contributed by atoms with E-state index in [0.29, 0.717) is 11.5 Å². The van der Waals surface area contributed by atoms with Crippen molar-refractivity contribution in [3.05, 3.63) is 17.0 Å². The summed E-state index contributed by atoms with van der Waals surface area (Å²) in [6.45, 7) is 1.52. The quantitative estimate of drug-likeness (QED) is 0.394. The van der Waals surface area contributed by atoms with Crippen LogP contribution in [0.25, 0.3) is 0 Å². The van der Waals surface area contributed by atoms with Crippen molar-refractivity contribution in [2.45, 2.75) is 0 Å². The number of rotatable bonds is 0. The molecule has 57 valence electrons. The smallest absolute Gasteiger partial charge is 0.277 e. The molecule has 6 nitrogen and oxygen atoms in total. The summed E-state index contributed by atoms with van der Waals surface area (Å²) in [6.07, 6.45) is 0. The van der Waals surface area contributed by atoms with E-state index in [9.17, 15) is 4.79 Å². The Morgan fingerprint density at radius 2 is 2.27 bits per heavy atom. The summed E-state index contributed by atoms with van der Waals surface area (Å²) in [7, 11) is 0. The lowest BCUT2D eigenvalue weighted by Crippen LogP contribution is -2.12. The van der Waals surface area contributed by atoms with Crippen LogP contribution in [0.4, 0.5) is 17.5 Å². The predicted octanol–water partition coefficient (Wildman–Crippen LogP) is -0.691. The van der Waals surface area contributed by atoms with Crippen LogP contribution in [0.2, 0.25) is 0 Å². The highest BCUT2D eigenvalue weighted by Crippen LogP contribution is 2.19. The van der Waals surface area contributed by atoms with E-state index in [1.54, 1.807) is 0 Å². The highest BCUT2D eigenvalue weighted by Gasteiger charge is 2.14. The third-order valence-electron chi connectivity index (χ3n) is 1.36. The van der Waals surface area contributed by atoms with Crippen molar-refractivity contribution < 1.29 is 0 Å². The maximum atomic E-state index is 11.0. The molecule has 1 radical (unpaired) electrons. The minimum absolute atomic E-state index is 0.110. The van der Waals surface area contributed by atoms with Crippen molar-refractivity contribution in [2.75, 3.05) is 16.4 Å². The summed E-state index contributed by atoms with van der Waals surface area (Å²) < 4.78 is 0. The molecule has 2 heterocycles. The van der Waals surface area contributed by atoms with Crippen molar-refractivity contribution >= 4 is 17.5 Å². The van der Waals surface area contributed by atoms with Crippen LogP contribution in [0.1, 0.15) is 0 Å². The largest absolute Gasteiger partial charge is 0.369 e. The molecule has 0 saturated heterocycles. The first-order valence-corrected chi connectivity index (χ1v) is 3.02. The summed E-state index contributed by atoms with van der Waals surface area (Å²) >= 11 is 0. The summed E-state index contributed by atoms with van der Waals surface area (Å²) in [6, 6.07) is 0. The lowest BCUT2D eigenvalue weighted by atomic mass is 10.5. The number of fused-ring (bicyclic) bond motifs is 1. The molecule has 0 spiro atoms. The normalized spacial score (nSPS) is 13.5. The van der Waals surface area contributed by atoms with Gasteiger partial charge in [-0.1, -0.05) is 0 Å². The van der Waals surface area contributed by atoms with Crippen molar-refractivity contribution in [2.24, 2.45) is 0 Å². The molecule has 0 bridgehead atoms. The molecule has 1 aliphatic heterocycles. The van der Waals surface area contributed by atoms with Crippen molar-refractivity contribution in [1.29, 1.82) is 0 Å². The van der Waals surface area contributed by atoms with E-state index >= 15 is 0 Å². The van der Waals surface area contributed by atoms with Crippen LogP contribution in [0, 0.1) is 6.67 Å². The van der Waals surface area contributed by atoms with Gasteiger partial charge in [0.05, 0.1) is 0 Å². The molecule has 1 aromatic rings. The van der Waals surface area contributed by atoms with E-state index in [-0.39, 0.29) is 11.5 Å². The van der Waals surface area contributed by atoms with Crippen LogP contribution < -0.4 is 21.9 Å². The van der Waals surface area contributed by atoms with E-state index in [1.165, 1.54) is 6.67 Å². The molecular formula is C5H6N5O. The summed E-state index contributed by atoms with van der Waals surface area (Å²) in [5, 5.41) is 5.43. The number of nitrogens with one attached hydrogen (secondary N) is 3. The number of nitrogen functional groups attached to an aromatic ring is 1. The molecule has 11 heavy (non-hydrogen) atoms. The van der Waals surface area contributed by atoms with E-state index in [2.05, 4.69) is 20.6 Å². The van der Waals surface area contributed by atoms with Crippen LogP contribution in [-0.2, 0) is 0 Å². The van der Waals surface area contributed by atoms with Crippen LogP contribution >= 0.6 is 0 Å². The average Bonchev–Trinajstić information content (AvgIpc) is 2.34. The maximum absolute atomic E-state index is 11.0. The highest BCUT2D eigenvalue weighted by atomic mass is 16.1. The van der Waals surface area contributed by atoms with Crippen LogP contribution in [-0.4, -0.2) is 9.97 Å². The number of aromatic nitrogens is 2. The molecule has 0 aromatic carbocycles. The molecule has 6 heteroatoms. The third-order valence-corrected chi connectivity index (χ3v) is 1.36. The lowest BCUT2D eigenvalue weighted by Gasteiger charge is -1.96. The first-order chi connectivity index (χ1) is 5.27. The Hall–Kier alpha value is -1.72. The number of H-pyrrole nitrogens is 1. The van der Waals surface area contributed by atoms with Crippen LogP contribution in [0.15, 0.2) is 4.79 Å². The van der Waals surface area contributed by atoms with E-state index < -0.39 is 0 Å². The van der Waals surface area contributed by atoms with Gasteiger partial charge in [0.15, 0.2) is 5.82 Å². The van der Waals surface area contributed by atoms with Crippen LogP contribution in [0.5, 0.6) is 0 Å². The van der Waals surface area contributed by atoms with E-state index in [4.69, 9.17) is 5.73 Å². The van der Waals surface area contributed by atoms with Gasteiger partial charge in [-0.05, 0) is 0 Å². The van der Waals surface area contributed by atoms with Crippen LogP contribution in [0.3, 0.4) is 0 Å². The fourth-order valence-corrected chi connectivity index (χ4v) is 0.906. The zero-order chi connectivity index (χ0) is 7.84. The Morgan fingerprint density at radius 3 is 3.09 bits per heavy atom. The molecule has 0 aliphatic carbocycles. The molecular weight excluding hydrogens is 146 g/mol. The van der Waals surface area contributed by atoms with Gasteiger partial charge >= 0.3 is 0 Å². The number of aromatic amines is 1. The number of hydrogen-bond acceptors (Lipinski definition) is 5. The zero-order valence-corrected chi connectivity index (χ0v) is 5.51. The van der Waals surface area contributed by atoms with Crippen molar-refractivity contribution in [3.63, 3.8) is 0 Å². The Labute approximate surface area is 61.8 Å². The number of nitrogens with two attached hydrogens (primary N) is 1. The second kappa shape index (κ2) is 1.88. The van der Waals surface area contributed by atoms with Gasteiger partial charge in [0.2, 0.25) is 5.95 Å². The standard InChI is InChI=1S/C5H6N5O/c6-5-9-3-2(4(11)10-5)7-1-8-3/h1,7H,(H4,6,8,9,10,11). The van der Waals surface area contributed by atoms with Crippen molar-refractivity contribution in [3.8, 4) is 0 Å². The second-order valence-corrected chi connectivity index (χ2v) is 2.11. The molecule has 0 unspecified atom stereocenters. The molecule has 1 aromatic heterocycles. The third kappa shape index (κ3) is 0.794. The zero-order valence-electron chi connectivity index (χ0n) is 5.51. The molecule has 1 aliphatic rings. The van der Waals surface area contributed by atoms with E-state index in [0.717, 1.165) is 0 Å². The number of hydrogen-bond donors (Lipinski definition) is 4. The Balaban J connectivity index is 2.70. The molecule has 0 saturated carbocycles. The fourth-order valence-electron chi connectivity index (χ4n) is 0.906. The van der Waals surface area contributed by atoms with E-state index in [1.807, 2.05) is 0 Å². The fraction of sp³-hybridized carbons (Fsp3) is 0. The van der Waals surface area contributed by atoms with Gasteiger partial charge in [-0.2, -0.15) is 4.98 Å². The topological polar surface area (TPSA) is 95.8 Å².